The second-order valence-corrected chi connectivity index (χ2v) is 5.34. The number of anilines is 1. The van der Waals surface area contributed by atoms with Crippen molar-refractivity contribution in [2.75, 3.05) is 5.32 Å². The molecule has 1 amide bonds. The highest BCUT2D eigenvalue weighted by Gasteiger charge is 2.10. The van der Waals surface area contributed by atoms with Crippen molar-refractivity contribution in [1.82, 2.24) is 0 Å². The van der Waals surface area contributed by atoms with Gasteiger partial charge in [-0.25, -0.2) is 0 Å². The average molecular weight is 254 g/mol. The lowest BCUT2D eigenvalue weighted by Crippen LogP contribution is -2.13. The Morgan fingerprint density at radius 3 is 2.53 bits per heavy atom. The van der Waals surface area contributed by atoms with Crippen molar-refractivity contribution in [3.8, 4) is 0 Å². The molecule has 3 heteroatoms. The number of nitrogens with one attached hydrogen (secondary N) is 1. The Morgan fingerprint density at radius 1 is 1.29 bits per heavy atom. The zero-order valence-electron chi connectivity index (χ0n) is 10.7. The summed E-state index contributed by atoms with van der Waals surface area (Å²) in [6, 6.07) is 7.66. The van der Waals surface area contributed by atoms with Crippen LogP contribution in [0.3, 0.4) is 0 Å². The lowest BCUT2D eigenvalue weighted by Gasteiger charge is -2.12. The van der Waals surface area contributed by atoms with E-state index in [9.17, 15) is 4.79 Å². The summed E-state index contributed by atoms with van der Waals surface area (Å²) in [7, 11) is 0. The molecule has 0 saturated heterocycles. The number of rotatable bonds is 5. The molecule has 1 rings (SSSR count). The SMILES string of the molecule is CC(C)CCC(=O)Nc1ccccc1C(C)Cl. The molecule has 0 aliphatic carbocycles. The molecule has 17 heavy (non-hydrogen) atoms. The largest absolute Gasteiger partial charge is 0.326 e. The molecule has 0 heterocycles. The van der Waals surface area contributed by atoms with Gasteiger partial charge in [-0.15, -0.1) is 11.6 Å². The molecule has 1 N–H and O–H groups in total. The summed E-state index contributed by atoms with van der Waals surface area (Å²) in [5, 5.41) is 2.82. The number of alkyl halides is 1. The van der Waals surface area contributed by atoms with E-state index in [0.717, 1.165) is 17.7 Å². The molecule has 1 unspecified atom stereocenters. The van der Waals surface area contributed by atoms with E-state index in [1.807, 2.05) is 31.2 Å². The smallest absolute Gasteiger partial charge is 0.224 e. The number of halogens is 1. The van der Waals surface area contributed by atoms with E-state index in [0.29, 0.717) is 12.3 Å². The van der Waals surface area contributed by atoms with Crippen LogP contribution in [0, 0.1) is 5.92 Å². The van der Waals surface area contributed by atoms with E-state index < -0.39 is 0 Å². The number of para-hydroxylation sites is 1. The fraction of sp³-hybridized carbons (Fsp3) is 0.500. The lowest BCUT2D eigenvalue weighted by atomic mass is 10.1. The monoisotopic (exact) mass is 253 g/mol. The fourth-order valence-corrected chi connectivity index (χ4v) is 1.78. The standard InChI is InChI=1S/C14H20ClNO/c1-10(2)8-9-14(17)16-13-7-5-4-6-12(13)11(3)15/h4-7,10-11H,8-9H2,1-3H3,(H,16,17). The molecule has 1 aromatic rings. The van der Waals surface area contributed by atoms with Gasteiger partial charge in [0.1, 0.15) is 0 Å². The third kappa shape index (κ3) is 4.78. The fourth-order valence-electron chi connectivity index (χ4n) is 1.59. The Morgan fingerprint density at radius 2 is 1.94 bits per heavy atom. The predicted octanol–water partition coefficient (Wildman–Crippen LogP) is 4.36. The predicted molar refractivity (Wildman–Crippen MR) is 73.4 cm³/mol. The van der Waals surface area contributed by atoms with Crippen LogP contribution in [-0.4, -0.2) is 5.91 Å². The zero-order valence-corrected chi connectivity index (χ0v) is 11.4. The number of carbonyl (C=O) groups is 1. The van der Waals surface area contributed by atoms with Crippen molar-refractivity contribution < 1.29 is 4.79 Å². The summed E-state index contributed by atoms with van der Waals surface area (Å²) in [6.07, 6.45) is 1.47. The van der Waals surface area contributed by atoms with Gasteiger partial charge in [0.2, 0.25) is 5.91 Å². The zero-order chi connectivity index (χ0) is 12.8. The first kappa shape index (κ1) is 14.0. The summed E-state index contributed by atoms with van der Waals surface area (Å²) < 4.78 is 0. The van der Waals surface area contributed by atoms with Crippen molar-refractivity contribution in [2.45, 2.75) is 39.0 Å². The van der Waals surface area contributed by atoms with Gasteiger partial charge in [0.05, 0.1) is 5.38 Å². The van der Waals surface area contributed by atoms with Crippen LogP contribution in [0.25, 0.3) is 0 Å². The van der Waals surface area contributed by atoms with Crippen LogP contribution in [0.15, 0.2) is 24.3 Å². The summed E-state index contributed by atoms with van der Waals surface area (Å²) in [6.45, 7) is 6.13. The molecule has 0 radical (unpaired) electrons. The number of benzene rings is 1. The van der Waals surface area contributed by atoms with Crippen LogP contribution in [0.1, 0.15) is 44.6 Å². The van der Waals surface area contributed by atoms with Gasteiger partial charge in [0, 0.05) is 12.1 Å². The van der Waals surface area contributed by atoms with Crippen LogP contribution in [0.4, 0.5) is 5.69 Å². The first-order valence-electron chi connectivity index (χ1n) is 6.03. The van der Waals surface area contributed by atoms with Crippen molar-refractivity contribution in [3.63, 3.8) is 0 Å². The van der Waals surface area contributed by atoms with Crippen LogP contribution in [0.2, 0.25) is 0 Å². The Hall–Kier alpha value is -1.02. The van der Waals surface area contributed by atoms with Crippen molar-refractivity contribution in [3.05, 3.63) is 29.8 Å². The second kappa shape index (κ2) is 6.65. The van der Waals surface area contributed by atoms with Crippen LogP contribution in [0.5, 0.6) is 0 Å². The summed E-state index contributed by atoms with van der Waals surface area (Å²) in [5.41, 5.74) is 1.79. The van der Waals surface area contributed by atoms with E-state index in [-0.39, 0.29) is 11.3 Å². The minimum atomic E-state index is -0.100. The van der Waals surface area contributed by atoms with Crippen LogP contribution < -0.4 is 5.32 Å². The normalized spacial score (nSPS) is 12.5. The topological polar surface area (TPSA) is 29.1 Å². The first-order chi connectivity index (χ1) is 8.00. The first-order valence-corrected chi connectivity index (χ1v) is 6.47. The molecule has 1 atom stereocenters. The molecular formula is C14H20ClNO. The van der Waals surface area contributed by atoms with Gasteiger partial charge < -0.3 is 5.32 Å². The maximum atomic E-state index is 11.7. The lowest BCUT2D eigenvalue weighted by molar-refractivity contribution is -0.116. The minimum Gasteiger partial charge on any atom is -0.326 e. The van der Waals surface area contributed by atoms with Gasteiger partial charge in [0.25, 0.3) is 0 Å². The molecule has 0 aliphatic rings. The van der Waals surface area contributed by atoms with Gasteiger partial charge in [0.15, 0.2) is 0 Å². The number of hydrogen-bond acceptors (Lipinski definition) is 1. The number of hydrogen-bond donors (Lipinski definition) is 1. The van der Waals surface area contributed by atoms with Crippen molar-refractivity contribution in [2.24, 2.45) is 5.92 Å². The highest BCUT2D eigenvalue weighted by atomic mass is 35.5. The number of amides is 1. The molecule has 0 spiro atoms. The summed E-state index contributed by atoms with van der Waals surface area (Å²) in [5.74, 6) is 0.603. The quantitative estimate of drug-likeness (QED) is 0.776. The Labute approximate surface area is 108 Å². The van der Waals surface area contributed by atoms with Gasteiger partial charge in [-0.3, -0.25) is 4.79 Å². The molecule has 0 saturated carbocycles. The Balaban J connectivity index is 2.65. The van der Waals surface area contributed by atoms with E-state index in [2.05, 4.69) is 19.2 Å². The van der Waals surface area contributed by atoms with E-state index in [1.54, 1.807) is 0 Å². The van der Waals surface area contributed by atoms with E-state index in [1.165, 1.54) is 0 Å². The molecule has 94 valence electrons. The van der Waals surface area contributed by atoms with Gasteiger partial charge in [-0.1, -0.05) is 32.0 Å². The van der Waals surface area contributed by atoms with E-state index >= 15 is 0 Å². The second-order valence-electron chi connectivity index (χ2n) is 4.68. The van der Waals surface area contributed by atoms with Crippen LogP contribution >= 0.6 is 11.6 Å². The molecule has 0 aliphatic heterocycles. The highest BCUT2D eigenvalue weighted by molar-refractivity contribution is 6.21. The highest BCUT2D eigenvalue weighted by Crippen LogP contribution is 2.27. The molecule has 0 bridgehead atoms. The average Bonchev–Trinajstić information content (AvgIpc) is 2.27. The molecule has 0 fully saturated rings. The number of carbonyl (C=O) groups excluding carboxylic acids is 1. The van der Waals surface area contributed by atoms with Gasteiger partial charge >= 0.3 is 0 Å². The van der Waals surface area contributed by atoms with Crippen molar-refractivity contribution in [1.29, 1.82) is 0 Å². The van der Waals surface area contributed by atoms with Gasteiger partial charge in [-0.05, 0) is 30.9 Å². The van der Waals surface area contributed by atoms with Crippen LogP contribution in [-0.2, 0) is 4.79 Å². The molecule has 0 aromatic heterocycles. The minimum absolute atomic E-state index is 0.0588. The third-order valence-electron chi connectivity index (χ3n) is 2.61. The molecule has 1 aromatic carbocycles. The maximum absolute atomic E-state index is 11.7. The summed E-state index contributed by atoms with van der Waals surface area (Å²) in [4.78, 5) is 11.7. The van der Waals surface area contributed by atoms with Crippen molar-refractivity contribution >= 4 is 23.2 Å². The maximum Gasteiger partial charge on any atom is 0.224 e. The van der Waals surface area contributed by atoms with Gasteiger partial charge in [-0.2, -0.15) is 0 Å². The Kier molecular flexibility index (Phi) is 5.49. The summed E-state index contributed by atoms with van der Waals surface area (Å²) >= 11 is 6.07. The van der Waals surface area contributed by atoms with E-state index in [4.69, 9.17) is 11.6 Å². The third-order valence-corrected chi connectivity index (χ3v) is 2.85. The molecule has 2 nitrogen and oxygen atoms in total. The Bertz CT molecular complexity index is 374. The molecular weight excluding hydrogens is 234 g/mol.